The minimum atomic E-state index is -0.101. The highest BCUT2D eigenvalue weighted by molar-refractivity contribution is 14.1. The van der Waals surface area contributed by atoms with Crippen molar-refractivity contribution < 1.29 is 9.21 Å². The first-order valence-electron chi connectivity index (χ1n) is 10.3. The third-order valence-corrected chi connectivity index (χ3v) is 6.84. The first-order chi connectivity index (χ1) is 15.9. The maximum Gasteiger partial charge on any atom is 0.234 e. The van der Waals surface area contributed by atoms with Gasteiger partial charge in [0.15, 0.2) is 10.9 Å². The number of furan rings is 1. The number of amides is 1. The fraction of sp³-hybridized carbons (Fsp3) is 0.208. The number of hydrogen-bond donors (Lipinski definition) is 1. The number of anilines is 1. The Morgan fingerprint density at radius 3 is 2.85 bits per heavy atom. The lowest BCUT2D eigenvalue weighted by Gasteiger charge is -2.14. The number of carbonyl (C=O) groups is 1. The normalized spacial score (nSPS) is 11.3. The van der Waals surface area contributed by atoms with Crippen molar-refractivity contribution in [2.24, 2.45) is 0 Å². The summed E-state index contributed by atoms with van der Waals surface area (Å²) >= 11 is 9.70. The zero-order chi connectivity index (χ0) is 23.5. The molecule has 0 spiro atoms. The maximum atomic E-state index is 12.7. The van der Waals surface area contributed by atoms with Crippen molar-refractivity contribution in [3.63, 3.8) is 0 Å². The van der Waals surface area contributed by atoms with Crippen LogP contribution in [0.5, 0.6) is 0 Å². The molecular formula is C24H22ClIN4O2S. The first-order valence-corrected chi connectivity index (χ1v) is 12.8. The topological polar surface area (TPSA) is 73.0 Å². The van der Waals surface area contributed by atoms with Gasteiger partial charge in [0.25, 0.3) is 0 Å². The van der Waals surface area contributed by atoms with E-state index in [0.29, 0.717) is 34.2 Å². The molecular weight excluding hydrogens is 571 g/mol. The zero-order valence-electron chi connectivity index (χ0n) is 18.1. The number of allylic oxidation sites excluding steroid dienone is 1. The quantitative estimate of drug-likeness (QED) is 0.136. The molecule has 0 aliphatic rings. The van der Waals surface area contributed by atoms with Crippen LogP contribution in [0.3, 0.4) is 0 Å². The lowest BCUT2D eigenvalue weighted by Crippen LogP contribution is -2.16. The van der Waals surface area contributed by atoms with Crippen molar-refractivity contribution in [3.05, 3.63) is 69.3 Å². The van der Waals surface area contributed by atoms with Gasteiger partial charge in [-0.3, -0.25) is 9.36 Å². The van der Waals surface area contributed by atoms with Crippen LogP contribution in [0.4, 0.5) is 5.69 Å². The lowest BCUT2D eigenvalue weighted by atomic mass is 10.0. The summed E-state index contributed by atoms with van der Waals surface area (Å²) < 4.78 is 8.98. The second-order valence-corrected chi connectivity index (χ2v) is 10.3. The Bertz CT molecular complexity index is 1330. The van der Waals surface area contributed by atoms with Gasteiger partial charge in [-0.1, -0.05) is 43.3 Å². The Labute approximate surface area is 214 Å². The number of rotatable bonds is 8. The minimum absolute atomic E-state index is 0.101. The molecule has 0 bridgehead atoms. The third kappa shape index (κ3) is 5.44. The van der Waals surface area contributed by atoms with Crippen molar-refractivity contribution >= 4 is 68.5 Å². The van der Waals surface area contributed by atoms with Gasteiger partial charge in [0.05, 0.1) is 5.75 Å². The average molecular weight is 593 g/mol. The maximum absolute atomic E-state index is 12.7. The highest BCUT2D eigenvalue weighted by atomic mass is 127. The van der Waals surface area contributed by atoms with Gasteiger partial charge in [0, 0.05) is 26.2 Å². The Morgan fingerprint density at radius 1 is 1.27 bits per heavy atom. The van der Waals surface area contributed by atoms with Gasteiger partial charge in [0.1, 0.15) is 5.58 Å². The standard InChI is InChI=1S/C24H22ClIN4O2S/c1-4-9-30-23(21-11-15-10-16(25)5-8-20(15)32-21)28-29-24(30)33-13-22(31)27-19-7-6-17(26)12-18(19)14(2)3/h4-8,10-12,14H,1,9,13H2,2-3H3,(H,27,31). The number of aromatic nitrogens is 3. The van der Waals surface area contributed by atoms with Gasteiger partial charge >= 0.3 is 0 Å². The van der Waals surface area contributed by atoms with E-state index in [0.717, 1.165) is 25.8 Å². The van der Waals surface area contributed by atoms with E-state index >= 15 is 0 Å². The van der Waals surface area contributed by atoms with Crippen LogP contribution >= 0.6 is 46.0 Å². The van der Waals surface area contributed by atoms with Crippen LogP contribution in [-0.2, 0) is 11.3 Å². The number of nitrogens with zero attached hydrogens (tertiary/aromatic N) is 3. The number of fused-ring (bicyclic) bond motifs is 1. The third-order valence-electron chi connectivity index (χ3n) is 4.97. The molecule has 9 heteroatoms. The van der Waals surface area contributed by atoms with E-state index in [-0.39, 0.29) is 11.7 Å². The molecule has 2 aromatic carbocycles. The summed E-state index contributed by atoms with van der Waals surface area (Å²) in [4.78, 5) is 12.7. The molecule has 2 heterocycles. The summed E-state index contributed by atoms with van der Waals surface area (Å²) in [6, 6.07) is 13.4. The van der Waals surface area contributed by atoms with E-state index in [1.54, 1.807) is 12.1 Å². The molecule has 170 valence electrons. The Hall–Kier alpha value is -2.30. The predicted octanol–water partition coefficient (Wildman–Crippen LogP) is 6.99. The summed E-state index contributed by atoms with van der Waals surface area (Å²) in [5.41, 5.74) is 2.67. The second-order valence-electron chi connectivity index (χ2n) is 7.72. The van der Waals surface area contributed by atoms with Crippen LogP contribution in [0, 0.1) is 3.57 Å². The van der Waals surface area contributed by atoms with Gasteiger partial charge < -0.3 is 9.73 Å². The van der Waals surface area contributed by atoms with Gasteiger partial charge in [-0.15, -0.1) is 16.8 Å². The lowest BCUT2D eigenvalue weighted by molar-refractivity contribution is -0.113. The van der Waals surface area contributed by atoms with Crippen LogP contribution in [0.25, 0.3) is 22.6 Å². The van der Waals surface area contributed by atoms with E-state index in [2.05, 4.69) is 64.6 Å². The molecule has 4 rings (SSSR count). The number of benzene rings is 2. The van der Waals surface area contributed by atoms with E-state index < -0.39 is 0 Å². The van der Waals surface area contributed by atoms with E-state index in [1.165, 1.54) is 11.8 Å². The molecule has 0 aliphatic carbocycles. The highest BCUT2D eigenvalue weighted by Crippen LogP contribution is 2.31. The fourth-order valence-electron chi connectivity index (χ4n) is 3.44. The van der Waals surface area contributed by atoms with Gasteiger partial charge in [-0.2, -0.15) is 0 Å². The molecule has 1 N–H and O–H groups in total. The molecule has 2 aromatic heterocycles. The van der Waals surface area contributed by atoms with Crippen LogP contribution in [0.2, 0.25) is 5.02 Å². The first kappa shape index (κ1) is 23.8. The van der Waals surface area contributed by atoms with Crippen LogP contribution in [0.1, 0.15) is 25.3 Å². The Morgan fingerprint density at radius 2 is 2.09 bits per heavy atom. The number of thioether (sulfide) groups is 1. The van der Waals surface area contributed by atoms with Gasteiger partial charge in [-0.05, 0) is 76.5 Å². The largest absolute Gasteiger partial charge is 0.453 e. The molecule has 0 aliphatic heterocycles. The number of carbonyl (C=O) groups excluding carboxylic acids is 1. The summed E-state index contributed by atoms with van der Waals surface area (Å²) in [7, 11) is 0. The summed E-state index contributed by atoms with van der Waals surface area (Å²) in [5, 5.41) is 13.8. The molecule has 1 amide bonds. The predicted molar refractivity (Wildman–Crippen MR) is 143 cm³/mol. The van der Waals surface area contributed by atoms with Crippen LogP contribution in [-0.4, -0.2) is 26.4 Å². The van der Waals surface area contributed by atoms with Gasteiger partial charge in [0.2, 0.25) is 11.7 Å². The molecule has 0 fully saturated rings. The Kier molecular flexibility index (Phi) is 7.45. The van der Waals surface area contributed by atoms with Crippen molar-refractivity contribution in [2.45, 2.75) is 31.5 Å². The SMILES string of the molecule is C=CCn1c(SCC(=O)Nc2ccc(I)cc2C(C)C)nnc1-c1cc2cc(Cl)ccc2o1. The van der Waals surface area contributed by atoms with E-state index in [1.807, 2.05) is 34.9 Å². The summed E-state index contributed by atoms with van der Waals surface area (Å²) in [6.45, 7) is 8.55. The van der Waals surface area contributed by atoms with Crippen LogP contribution < -0.4 is 5.32 Å². The molecule has 33 heavy (non-hydrogen) atoms. The molecule has 0 atom stereocenters. The monoisotopic (exact) mass is 592 g/mol. The molecule has 4 aromatic rings. The smallest absolute Gasteiger partial charge is 0.234 e. The highest BCUT2D eigenvalue weighted by Gasteiger charge is 2.19. The molecule has 0 radical (unpaired) electrons. The number of halogens is 2. The van der Waals surface area contributed by atoms with Crippen molar-refractivity contribution in [1.82, 2.24) is 14.8 Å². The van der Waals surface area contributed by atoms with E-state index in [4.69, 9.17) is 16.0 Å². The van der Waals surface area contributed by atoms with Crippen LogP contribution in [0.15, 0.2) is 64.7 Å². The number of hydrogen-bond acceptors (Lipinski definition) is 5. The fourth-order valence-corrected chi connectivity index (χ4v) is 4.88. The Balaban J connectivity index is 1.52. The molecule has 6 nitrogen and oxygen atoms in total. The van der Waals surface area contributed by atoms with Gasteiger partial charge in [-0.25, -0.2) is 0 Å². The molecule has 0 unspecified atom stereocenters. The summed E-state index contributed by atoms with van der Waals surface area (Å²) in [6.07, 6.45) is 1.76. The minimum Gasteiger partial charge on any atom is -0.453 e. The van der Waals surface area contributed by atoms with Crippen molar-refractivity contribution in [3.8, 4) is 11.6 Å². The summed E-state index contributed by atoms with van der Waals surface area (Å²) in [5.74, 6) is 1.56. The van der Waals surface area contributed by atoms with E-state index in [9.17, 15) is 4.79 Å². The molecule has 0 saturated heterocycles. The zero-order valence-corrected chi connectivity index (χ0v) is 21.9. The second kappa shape index (κ2) is 10.3. The average Bonchev–Trinajstić information content (AvgIpc) is 3.37. The van der Waals surface area contributed by atoms with Crippen molar-refractivity contribution in [2.75, 3.05) is 11.1 Å². The molecule has 0 saturated carbocycles. The number of nitrogens with one attached hydrogen (secondary N) is 1. The van der Waals surface area contributed by atoms with Crippen molar-refractivity contribution in [1.29, 1.82) is 0 Å².